The van der Waals surface area contributed by atoms with Crippen LogP contribution < -0.4 is 0 Å². The quantitative estimate of drug-likeness (QED) is 0.754. The summed E-state index contributed by atoms with van der Waals surface area (Å²) in [4.78, 5) is 3.99. The Morgan fingerprint density at radius 1 is 1.36 bits per heavy atom. The summed E-state index contributed by atoms with van der Waals surface area (Å²) in [7, 11) is 0. The Bertz CT molecular complexity index is 440. The molecular formula is C8H6N4OS. The van der Waals surface area contributed by atoms with Crippen molar-refractivity contribution in [1.29, 1.82) is 0 Å². The molecule has 0 atom stereocenters. The second kappa shape index (κ2) is 3.93. The largest absolute Gasteiger partial charge is 0.507 e. The third-order valence-electron chi connectivity index (χ3n) is 1.54. The molecule has 0 aliphatic heterocycles. The molecule has 1 aromatic heterocycles. The molecule has 6 heteroatoms. The first-order chi connectivity index (χ1) is 6.86. The van der Waals surface area contributed by atoms with Gasteiger partial charge in [0.15, 0.2) is 0 Å². The number of phenolic OH excluding ortho intramolecular Hbond substituents is 1. The average molecular weight is 206 g/mol. The van der Waals surface area contributed by atoms with Crippen molar-refractivity contribution >= 4 is 22.9 Å². The highest BCUT2D eigenvalue weighted by Gasteiger charge is 1.96. The molecule has 14 heavy (non-hydrogen) atoms. The van der Waals surface area contributed by atoms with Gasteiger partial charge in [0.25, 0.3) is 5.13 Å². The first kappa shape index (κ1) is 8.76. The lowest BCUT2D eigenvalue weighted by Gasteiger charge is -1.94. The standard InChI is InChI=1S/C8H6N4OS/c13-7-4-2-1-3-6(7)5-9-8-10-11-12-14-8/h1-5,13H/b9-5+. The van der Waals surface area contributed by atoms with Crippen LogP contribution in [-0.4, -0.2) is 26.1 Å². The van der Waals surface area contributed by atoms with Crippen LogP contribution in [0.2, 0.25) is 0 Å². The minimum absolute atomic E-state index is 0.189. The number of hydrogen-bond acceptors (Lipinski definition) is 6. The van der Waals surface area contributed by atoms with Crippen molar-refractivity contribution in [2.45, 2.75) is 0 Å². The maximum Gasteiger partial charge on any atom is 0.251 e. The second-order valence-corrected chi connectivity index (χ2v) is 3.17. The summed E-state index contributed by atoms with van der Waals surface area (Å²) in [6.45, 7) is 0. The van der Waals surface area contributed by atoms with E-state index in [1.54, 1.807) is 18.2 Å². The Hall–Kier alpha value is -1.82. The number of aromatic hydroxyl groups is 1. The third kappa shape index (κ3) is 1.91. The summed E-state index contributed by atoms with van der Waals surface area (Å²) in [6.07, 6.45) is 1.53. The fraction of sp³-hybridized carbons (Fsp3) is 0. The van der Waals surface area contributed by atoms with Crippen LogP contribution in [0, 0.1) is 0 Å². The minimum atomic E-state index is 0.189. The Kier molecular flexibility index (Phi) is 2.46. The van der Waals surface area contributed by atoms with Crippen LogP contribution in [-0.2, 0) is 0 Å². The molecule has 0 fully saturated rings. The SMILES string of the molecule is Oc1ccccc1/C=N/c1nnns1. The van der Waals surface area contributed by atoms with E-state index in [2.05, 4.69) is 19.8 Å². The zero-order valence-electron chi connectivity index (χ0n) is 7.03. The molecule has 70 valence electrons. The van der Waals surface area contributed by atoms with Gasteiger partial charge in [-0.1, -0.05) is 21.7 Å². The van der Waals surface area contributed by atoms with Crippen LogP contribution in [0.4, 0.5) is 5.13 Å². The van der Waals surface area contributed by atoms with E-state index in [-0.39, 0.29) is 5.75 Å². The molecule has 0 amide bonds. The highest BCUT2D eigenvalue weighted by atomic mass is 32.1. The van der Waals surface area contributed by atoms with Crippen molar-refractivity contribution < 1.29 is 5.11 Å². The highest BCUT2D eigenvalue weighted by Crippen LogP contribution is 2.15. The van der Waals surface area contributed by atoms with Gasteiger partial charge in [-0.25, -0.2) is 4.99 Å². The molecule has 0 saturated heterocycles. The lowest BCUT2D eigenvalue weighted by atomic mass is 10.2. The average Bonchev–Trinajstić information content (AvgIpc) is 2.69. The molecule has 0 spiro atoms. The normalized spacial score (nSPS) is 10.9. The number of benzene rings is 1. The van der Waals surface area contributed by atoms with E-state index in [9.17, 15) is 5.11 Å². The van der Waals surface area contributed by atoms with Crippen LogP contribution >= 0.6 is 11.5 Å². The van der Waals surface area contributed by atoms with Crippen LogP contribution in [0.25, 0.3) is 0 Å². The van der Waals surface area contributed by atoms with Gasteiger partial charge in [0.2, 0.25) is 0 Å². The third-order valence-corrected chi connectivity index (χ3v) is 2.05. The van der Waals surface area contributed by atoms with Gasteiger partial charge < -0.3 is 5.11 Å². The van der Waals surface area contributed by atoms with Crippen molar-refractivity contribution in [3.8, 4) is 5.75 Å². The molecular weight excluding hydrogens is 200 g/mol. The molecule has 5 nitrogen and oxygen atoms in total. The van der Waals surface area contributed by atoms with E-state index in [0.717, 1.165) is 11.5 Å². The number of rotatable bonds is 2. The van der Waals surface area contributed by atoms with Gasteiger partial charge in [-0.05, 0) is 17.3 Å². The Labute approximate surface area is 83.9 Å². The van der Waals surface area contributed by atoms with E-state index in [1.165, 1.54) is 6.21 Å². The number of phenols is 1. The summed E-state index contributed by atoms with van der Waals surface area (Å²) in [5, 5.41) is 16.9. The summed E-state index contributed by atoms with van der Waals surface area (Å²) in [5.74, 6) is 0.189. The molecule has 0 bridgehead atoms. The van der Waals surface area contributed by atoms with Crippen molar-refractivity contribution in [1.82, 2.24) is 14.8 Å². The predicted molar refractivity (Wildman–Crippen MR) is 53.1 cm³/mol. The zero-order chi connectivity index (χ0) is 9.80. The van der Waals surface area contributed by atoms with E-state index >= 15 is 0 Å². The number of aliphatic imine (C=N–C) groups is 1. The molecule has 0 unspecified atom stereocenters. The molecule has 0 aliphatic rings. The molecule has 2 aromatic rings. The molecule has 0 radical (unpaired) electrons. The van der Waals surface area contributed by atoms with E-state index in [0.29, 0.717) is 10.7 Å². The maximum absolute atomic E-state index is 9.40. The van der Waals surface area contributed by atoms with Gasteiger partial charge in [-0.15, -0.1) is 0 Å². The van der Waals surface area contributed by atoms with Crippen LogP contribution in [0.15, 0.2) is 29.3 Å². The topological polar surface area (TPSA) is 71.3 Å². The number of nitrogens with zero attached hydrogens (tertiary/aromatic N) is 4. The van der Waals surface area contributed by atoms with Gasteiger partial charge >= 0.3 is 0 Å². The van der Waals surface area contributed by atoms with Gasteiger partial charge in [0.1, 0.15) is 5.75 Å². The fourth-order valence-electron chi connectivity index (χ4n) is 0.900. The smallest absolute Gasteiger partial charge is 0.251 e. The highest BCUT2D eigenvalue weighted by molar-refractivity contribution is 7.09. The van der Waals surface area contributed by atoms with E-state index < -0.39 is 0 Å². The first-order valence-electron chi connectivity index (χ1n) is 3.83. The van der Waals surface area contributed by atoms with Crippen molar-refractivity contribution in [3.05, 3.63) is 29.8 Å². The molecule has 1 aromatic carbocycles. The number of aromatic nitrogens is 3. The lowest BCUT2D eigenvalue weighted by molar-refractivity contribution is 0.474. The maximum atomic E-state index is 9.40. The van der Waals surface area contributed by atoms with Crippen LogP contribution in [0.3, 0.4) is 0 Å². The summed E-state index contributed by atoms with van der Waals surface area (Å²) < 4.78 is 3.56. The molecule has 0 saturated carbocycles. The van der Waals surface area contributed by atoms with Gasteiger partial charge in [0.05, 0.1) is 0 Å². The molecule has 2 rings (SSSR count). The summed E-state index contributed by atoms with van der Waals surface area (Å²) in [5.41, 5.74) is 0.641. The predicted octanol–water partition coefficient (Wildman–Crippen LogP) is 1.39. The lowest BCUT2D eigenvalue weighted by Crippen LogP contribution is -1.80. The zero-order valence-corrected chi connectivity index (χ0v) is 7.85. The Morgan fingerprint density at radius 3 is 2.93 bits per heavy atom. The van der Waals surface area contributed by atoms with E-state index in [4.69, 9.17) is 0 Å². The number of para-hydroxylation sites is 1. The summed E-state index contributed by atoms with van der Waals surface area (Å²) in [6, 6.07) is 6.92. The molecule has 1 heterocycles. The van der Waals surface area contributed by atoms with Gasteiger partial charge in [-0.2, -0.15) is 0 Å². The molecule has 0 aliphatic carbocycles. The van der Waals surface area contributed by atoms with Gasteiger partial charge in [0, 0.05) is 23.3 Å². The van der Waals surface area contributed by atoms with Crippen molar-refractivity contribution in [3.63, 3.8) is 0 Å². The second-order valence-electron chi connectivity index (χ2n) is 2.46. The van der Waals surface area contributed by atoms with E-state index in [1.807, 2.05) is 6.07 Å². The summed E-state index contributed by atoms with van der Waals surface area (Å²) >= 11 is 1.10. The minimum Gasteiger partial charge on any atom is -0.507 e. The van der Waals surface area contributed by atoms with Crippen LogP contribution in [0.5, 0.6) is 5.75 Å². The van der Waals surface area contributed by atoms with Crippen molar-refractivity contribution in [2.75, 3.05) is 0 Å². The number of hydrogen-bond donors (Lipinski definition) is 1. The van der Waals surface area contributed by atoms with Crippen LogP contribution in [0.1, 0.15) is 5.56 Å². The fourth-order valence-corrected chi connectivity index (χ4v) is 1.22. The Balaban J connectivity index is 2.23. The Morgan fingerprint density at radius 2 is 2.21 bits per heavy atom. The monoisotopic (exact) mass is 206 g/mol. The molecule has 1 N–H and O–H groups in total. The first-order valence-corrected chi connectivity index (χ1v) is 4.61. The van der Waals surface area contributed by atoms with Crippen molar-refractivity contribution in [2.24, 2.45) is 4.99 Å². The van der Waals surface area contributed by atoms with Gasteiger partial charge in [-0.3, -0.25) is 0 Å².